The molecule has 0 fully saturated rings. The minimum Gasteiger partial charge on any atom is -0.483 e. The average molecular weight is 336 g/mol. The van der Waals surface area contributed by atoms with E-state index >= 15 is 0 Å². The molecule has 0 amide bonds. The zero-order chi connectivity index (χ0) is 14.9. The summed E-state index contributed by atoms with van der Waals surface area (Å²) >= 11 is 5.86. The van der Waals surface area contributed by atoms with Crippen molar-refractivity contribution in [3.05, 3.63) is 35.1 Å². The molecule has 2 rings (SSSR count). The molecule has 0 spiro atoms. The van der Waals surface area contributed by atoms with Crippen molar-refractivity contribution < 1.29 is 13.2 Å². The maximum absolute atomic E-state index is 11.3. The highest BCUT2D eigenvalue weighted by Gasteiger charge is 2.23. The van der Waals surface area contributed by atoms with Crippen LogP contribution >= 0.6 is 22.3 Å². The number of hydrogen-bond acceptors (Lipinski definition) is 5. The van der Waals surface area contributed by atoms with Gasteiger partial charge in [0.1, 0.15) is 5.75 Å². The van der Waals surface area contributed by atoms with Crippen molar-refractivity contribution in [1.29, 1.82) is 0 Å². The summed E-state index contributed by atoms with van der Waals surface area (Å²) in [4.78, 5) is 0. The van der Waals surface area contributed by atoms with E-state index in [4.69, 9.17) is 27.0 Å². The fourth-order valence-electron chi connectivity index (χ4n) is 1.69. The summed E-state index contributed by atoms with van der Waals surface area (Å²) < 4.78 is 29.5. The topological polar surface area (TPSA) is 74.1 Å². The number of benzene rings is 1. The van der Waals surface area contributed by atoms with E-state index in [0.717, 1.165) is 0 Å². The van der Waals surface area contributed by atoms with E-state index in [1.54, 1.807) is 31.2 Å². The van der Waals surface area contributed by atoms with E-state index in [-0.39, 0.29) is 5.16 Å². The van der Waals surface area contributed by atoms with E-state index in [1.165, 1.54) is 11.6 Å². The van der Waals surface area contributed by atoms with Crippen LogP contribution in [0.4, 0.5) is 0 Å². The SMILES string of the molecule is CC(Oc1cccc(Cl)c1)c1nnc(S(=O)(=O)Cl)n1C. The van der Waals surface area contributed by atoms with Gasteiger partial charge in [0.15, 0.2) is 11.9 Å². The summed E-state index contributed by atoms with van der Waals surface area (Å²) in [6, 6.07) is 6.85. The van der Waals surface area contributed by atoms with E-state index < -0.39 is 15.2 Å². The summed E-state index contributed by atoms with van der Waals surface area (Å²) in [7, 11) is 2.82. The third kappa shape index (κ3) is 3.23. The van der Waals surface area contributed by atoms with Crippen molar-refractivity contribution in [1.82, 2.24) is 14.8 Å². The van der Waals surface area contributed by atoms with Crippen LogP contribution in [-0.4, -0.2) is 23.2 Å². The molecule has 2 aromatic rings. The van der Waals surface area contributed by atoms with Gasteiger partial charge in [-0.1, -0.05) is 17.7 Å². The van der Waals surface area contributed by atoms with Gasteiger partial charge in [0.2, 0.25) is 0 Å². The minimum absolute atomic E-state index is 0.323. The van der Waals surface area contributed by atoms with Crippen molar-refractivity contribution >= 4 is 31.3 Å². The van der Waals surface area contributed by atoms with Crippen LogP contribution in [0.2, 0.25) is 5.02 Å². The number of nitrogens with zero attached hydrogens (tertiary/aromatic N) is 3. The Morgan fingerprint density at radius 3 is 2.60 bits per heavy atom. The largest absolute Gasteiger partial charge is 0.483 e. The van der Waals surface area contributed by atoms with Gasteiger partial charge >= 0.3 is 0 Å². The molecule has 108 valence electrons. The number of aromatic nitrogens is 3. The van der Waals surface area contributed by atoms with E-state index in [9.17, 15) is 8.42 Å². The fourth-order valence-corrected chi connectivity index (χ4v) is 2.83. The smallest absolute Gasteiger partial charge is 0.296 e. The molecule has 0 aliphatic carbocycles. The van der Waals surface area contributed by atoms with E-state index in [2.05, 4.69) is 10.2 Å². The molecule has 1 aromatic heterocycles. The molecule has 0 saturated heterocycles. The van der Waals surface area contributed by atoms with Gasteiger partial charge in [-0.05, 0) is 25.1 Å². The molecule has 1 heterocycles. The first kappa shape index (κ1) is 15.1. The van der Waals surface area contributed by atoms with Crippen molar-refractivity contribution in [2.75, 3.05) is 0 Å². The van der Waals surface area contributed by atoms with Crippen LogP contribution in [0.1, 0.15) is 18.9 Å². The number of halogens is 2. The van der Waals surface area contributed by atoms with E-state index in [0.29, 0.717) is 16.6 Å². The van der Waals surface area contributed by atoms with Crippen LogP contribution in [0.3, 0.4) is 0 Å². The third-order valence-electron chi connectivity index (χ3n) is 2.56. The molecule has 20 heavy (non-hydrogen) atoms. The average Bonchev–Trinajstić information content (AvgIpc) is 2.70. The highest BCUT2D eigenvalue weighted by atomic mass is 35.7. The lowest BCUT2D eigenvalue weighted by atomic mass is 10.3. The fraction of sp³-hybridized carbons (Fsp3) is 0.273. The quantitative estimate of drug-likeness (QED) is 0.802. The molecule has 0 N–H and O–H groups in total. The van der Waals surface area contributed by atoms with Gasteiger partial charge in [0.25, 0.3) is 14.2 Å². The van der Waals surface area contributed by atoms with Gasteiger partial charge in [-0.3, -0.25) is 0 Å². The Hall–Kier alpha value is -1.31. The van der Waals surface area contributed by atoms with Gasteiger partial charge < -0.3 is 9.30 Å². The lowest BCUT2D eigenvalue weighted by molar-refractivity contribution is 0.211. The predicted octanol–water partition coefficient (Wildman–Crippen LogP) is 2.54. The van der Waals surface area contributed by atoms with Crippen LogP contribution in [0.25, 0.3) is 0 Å². The maximum atomic E-state index is 11.3. The second-order valence-electron chi connectivity index (χ2n) is 4.06. The highest BCUT2D eigenvalue weighted by Crippen LogP contribution is 2.24. The number of hydrogen-bond donors (Lipinski definition) is 0. The maximum Gasteiger partial charge on any atom is 0.296 e. The molecule has 9 heteroatoms. The van der Waals surface area contributed by atoms with Crippen molar-refractivity contribution in [3.8, 4) is 5.75 Å². The molecular formula is C11H11Cl2N3O3S. The normalized spacial score (nSPS) is 13.2. The Kier molecular flexibility index (Phi) is 4.22. The Morgan fingerprint density at radius 1 is 1.35 bits per heavy atom. The van der Waals surface area contributed by atoms with Crippen LogP contribution in [-0.2, 0) is 16.1 Å². The lowest BCUT2D eigenvalue weighted by Gasteiger charge is -2.14. The Labute approximate surface area is 125 Å². The van der Waals surface area contributed by atoms with Gasteiger partial charge in [-0.2, -0.15) is 0 Å². The van der Waals surface area contributed by atoms with Crippen LogP contribution < -0.4 is 4.74 Å². The molecular weight excluding hydrogens is 325 g/mol. The van der Waals surface area contributed by atoms with Crippen molar-refractivity contribution in [2.24, 2.45) is 7.05 Å². The molecule has 0 bridgehead atoms. The molecule has 1 aromatic carbocycles. The number of ether oxygens (including phenoxy) is 1. The van der Waals surface area contributed by atoms with Gasteiger partial charge in [0.05, 0.1) is 0 Å². The van der Waals surface area contributed by atoms with Gasteiger partial charge in [0, 0.05) is 22.8 Å². The number of rotatable bonds is 4. The summed E-state index contributed by atoms with van der Waals surface area (Å²) in [5.41, 5.74) is 0. The summed E-state index contributed by atoms with van der Waals surface area (Å²) in [5.74, 6) is 0.882. The van der Waals surface area contributed by atoms with E-state index in [1.807, 2.05) is 0 Å². The second-order valence-corrected chi connectivity index (χ2v) is 6.95. The molecule has 0 aliphatic rings. The van der Waals surface area contributed by atoms with Crippen LogP contribution in [0.15, 0.2) is 29.4 Å². The predicted molar refractivity (Wildman–Crippen MR) is 74.5 cm³/mol. The zero-order valence-corrected chi connectivity index (χ0v) is 12.9. The highest BCUT2D eigenvalue weighted by molar-refractivity contribution is 8.13. The molecule has 0 saturated carbocycles. The Balaban J connectivity index is 2.26. The summed E-state index contributed by atoms with van der Waals surface area (Å²) in [5, 5.41) is 7.56. The minimum atomic E-state index is -3.94. The Morgan fingerprint density at radius 2 is 2.05 bits per heavy atom. The zero-order valence-electron chi connectivity index (χ0n) is 10.6. The summed E-state index contributed by atoms with van der Waals surface area (Å²) in [6.07, 6.45) is -0.516. The van der Waals surface area contributed by atoms with Crippen LogP contribution in [0.5, 0.6) is 5.75 Å². The first-order chi connectivity index (χ1) is 9.29. The lowest BCUT2D eigenvalue weighted by Crippen LogP contribution is -2.11. The summed E-state index contributed by atoms with van der Waals surface area (Å²) in [6.45, 7) is 1.72. The monoisotopic (exact) mass is 335 g/mol. The van der Waals surface area contributed by atoms with Crippen molar-refractivity contribution in [3.63, 3.8) is 0 Å². The van der Waals surface area contributed by atoms with Gasteiger partial charge in [-0.15, -0.1) is 10.2 Å². The first-order valence-electron chi connectivity index (χ1n) is 5.55. The molecule has 6 nitrogen and oxygen atoms in total. The molecule has 0 aliphatic heterocycles. The molecule has 1 unspecified atom stereocenters. The first-order valence-corrected chi connectivity index (χ1v) is 8.24. The molecule has 0 radical (unpaired) electrons. The molecule has 1 atom stereocenters. The van der Waals surface area contributed by atoms with Crippen molar-refractivity contribution in [2.45, 2.75) is 18.2 Å². The second kappa shape index (κ2) is 5.59. The van der Waals surface area contributed by atoms with Gasteiger partial charge in [-0.25, -0.2) is 8.42 Å². The van der Waals surface area contributed by atoms with Crippen LogP contribution in [0, 0.1) is 0 Å². The third-order valence-corrected chi connectivity index (χ3v) is 4.00. The Bertz CT molecular complexity index is 730. The standard InChI is InChI=1S/C11H11Cl2N3O3S/c1-7(19-9-5-3-4-8(12)6-9)10-14-15-11(16(10)2)20(13,17)18/h3-7H,1-2H3.